The SMILES string of the molecule is O=Cc1cc(Br)cc(Br)c1OCc1ccccc1. The van der Waals surface area contributed by atoms with Crippen molar-refractivity contribution in [1.82, 2.24) is 0 Å². The molecule has 2 aromatic carbocycles. The maximum Gasteiger partial charge on any atom is 0.153 e. The second kappa shape index (κ2) is 6.16. The molecule has 0 saturated carbocycles. The van der Waals surface area contributed by atoms with Crippen molar-refractivity contribution in [1.29, 1.82) is 0 Å². The molecule has 0 fully saturated rings. The van der Waals surface area contributed by atoms with Crippen LogP contribution < -0.4 is 4.74 Å². The summed E-state index contributed by atoms with van der Waals surface area (Å²) in [6.07, 6.45) is 0.788. The third-order valence-electron chi connectivity index (χ3n) is 2.39. The standard InChI is InChI=1S/C14H10Br2O2/c15-12-6-11(8-17)14(13(16)7-12)18-9-10-4-2-1-3-5-10/h1-8H,9H2. The number of ether oxygens (including phenoxy) is 1. The molecule has 0 spiro atoms. The summed E-state index contributed by atoms with van der Waals surface area (Å²) < 4.78 is 7.30. The summed E-state index contributed by atoms with van der Waals surface area (Å²) >= 11 is 6.74. The van der Waals surface area contributed by atoms with Crippen LogP contribution in [0.5, 0.6) is 5.75 Å². The lowest BCUT2D eigenvalue weighted by molar-refractivity contribution is 0.111. The van der Waals surface area contributed by atoms with Crippen LogP contribution in [0, 0.1) is 0 Å². The fraction of sp³-hybridized carbons (Fsp3) is 0.0714. The van der Waals surface area contributed by atoms with Gasteiger partial charge in [-0.25, -0.2) is 0 Å². The molecular formula is C14H10Br2O2. The maximum atomic E-state index is 11.0. The van der Waals surface area contributed by atoms with Gasteiger partial charge >= 0.3 is 0 Å². The molecule has 0 aromatic heterocycles. The van der Waals surface area contributed by atoms with Crippen molar-refractivity contribution in [2.45, 2.75) is 6.61 Å². The molecule has 0 aliphatic heterocycles. The molecule has 0 atom stereocenters. The van der Waals surface area contributed by atoms with Crippen LogP contribution in [0.15, 0.2) is 51.4 Å². The number of halogens is 2. The highest BCUT2D eigenvalue weighted by Crippen LogP contribution is 2.32. The molecule has 2 aromatic rings. The lowest BCUT2D eigenvalue weighted by Crippen LogP contribution is -1.99. The second-order valence-corrected chi connectivity index (χ2v) is 5.47. The van der Waals surface area contributed by atoms with E-state index >= 15 is 0 Å². The van der Waals surface area contributed by atoms with Crippen LogP contribution in [0.1, 0.15) is 15.9 Å². The van der Waals surface area contributed by atoms with Crippen LogP contribution in [-0.2, 0) is 6.61 Å². The van der Waals surface area contributed by atoms with Crippen molar-refractivity contribution >= 4 is 38.1 Å². The van der Waals surface area contributed by atoms with E-state index in [9.17, 15) is 4.79 Å². The van der Waals surface area contributed by atoms with Crippen LogP contribution in [-0.4, -0.2) is 6.29 Å². The Hall–Kier alpha value is -1.13. The third kappa shape index (κ3) is 3.21. The molecule has 92 valence electrons. The molecule has 0 saturated heterocycles. The zero-order chi connectivity index (χ0) is 13.0. The zero-order valence-corrected chi connectivity index (χ0v) is 12.6. The van der Waals surface area contributed by atoms with Gasteiger partial charge in [-0.15, -0.1) is 0 Å². The predicted molar refractivity (Wildman–Crippen MR) is 78.0 cm³/mol. The smallest absolute Gasteiger partial charge is 0.153 e. The van der Waals surface area contributed by atoms with Crippen molar-refractivity contribution < 1.29 is 9.53 Å². The summed E-state index contributed by atoms with van der Waals surface area (Å²) in [5.74, 6) is 0.567. The summed E-state index contributed by atoms with van der Waals surface area (Å²) in [5, 5.41) is 0. The van der Waals surface area contributed by atoms with Gasteiger partial charge in [0.15, 0.2) is 6.29 Å². The minimum absolute atomic E-state index is 0.432. The molecule has 0 amide bonds. The van der Waals surface area contributed by atoms with Crippen LogP contribution >= 0.6 is 31.9 Å². The van der Waals surface area contributed by atoms with Gasteiger partial charge in [0.05, 0.1) is 10.0 Å². The van der Waals surface area contributed by atoms with E-state index in [1.807, 2.05) is 36.4 Å². The summed E-state index contributed by atoms with van der Waals surface area (Å²) in [7, 11) is 0. The first-order chi connectivity index (χ1) is 8.70. The molecule has 0 aliphatic rings. The largest absolute Gasteiger partial charge is 0.487 e. The maximum absolute atomic E-state index is 11.0. The van der Waals surface area contributed by atoms with E-state index in [4.69, 9.17) is 4.74 Å². The Morgan fingerprint density at radius 2 is 1.83 bits per heavy atom. The minimum atomic E-state index is 0.432. The first-order valence-electron chi connectivity index (χ1n) is 5.31. The topological polar surface area (TPSA) is 26.3 Å². The molecule has 0 aliphatic carbocycles. The van der Waals surface area contributed by atoms with Crippen LogP contribution in [0.3, 0.4) is 0 Å². The third-order valence-corrected chi connectivity index (χ3v) is 3.44. The minimum Gasteiger partial charge on any atom is -0.487 e. The Morgan fingerprint density at radius 3 is 2.50 bits per heavy atom. The highest BCUT2D eigenvalue weighted by Gasteiger charge is 2.09. The molecular weight excluding hydrogens is 360 g/mol. The monoisotopic (exact) mass is 368 g/mol. The Morgan fingerprint density at radius 1 is 1.11 bits per heavy atom. The average molecular weight is 370 g/mol. The Balaban J connectivity index is 2.21. The summed E-state index contributed by atoms with van der Waals surface area (Å²) in [6.45, 7) is 0.432. The molecule has 4 heteroatoms. The first-order valence-corrected chi connectivity index (χ1v) is 6.90. The van der Waals surface area contributed by atoms with Crippen molar-refractivity contribution in [3.8, 4) is 5.75 Å². The fourth-order valence-corrected chi connectivity index (χ4v) is 2.92. The van der Waals surface area contributed by atoms with E-state index in [1.165, 1.54) is 0 Å². The lowest BCUT2D eigenvalue weighted by atomic mass is 10.2. The van der Waals surface area contributed by atoms with Gasteiger partial charge in [0.2, 0.25) is 0 Å². The first kappa shape index (κ1) is 13.3. The van der Waals surface area contributed by atoms with Gasteiger partial charge in [-0.2, -0.15) is 0 Å². The molecule has 0 bridgehead atoms. The molecule has 0 unspecified atom stereocenters. The van der Waals surface area contributed by atoms with Gasteiger partial charge in [0.25, 0.3) is 0 Å². The summed E-state index contributed by atoms with van der Waals surface area (Å²) in [6, 6.07) is 13.4. The van der Waals surface area contributed by atoms with E-state index in [0.717, 1.165) is 20.8 Å². The number of rotatable bonds is 4. The number of carbonyl (C=O) groups is 1. The molecule has 0 heterocycles. The van der Waals surface area contributed by atoms with E-state index < -0.39 is 0 Å². The van der Waals surface area contributed by atoms with E-state index in [0.29, 0.717) is 17.9 Å². The Kier molecular flexibility index (Phi) is 4.55. The molecule has 18 heavy (non-hydrogen) atoms. The van der Waals surface area contributed by atoms with Crippen molar-refractivity contribution in [2.75, 3.05) is 0 Å². The number of carbonyl (C=O) groups excluding carboxylic acids is 1. The fourth-order valence-electron chi connectivity index (χ4n) is 1.55. The van der Waals surface area contributed by atoms with Gasteiger partial charge in [0.1, 0.15) is 12.4 Å². The van der Waals surface area contributed by atoms with Gasteiger partial charge in [-0.1, -0.05) is 46.3 Å². The van der Waals surface area contributed by atoms with E-state index in [2.05, 4.69) is 31.9 Å². The van der Waals surface area contributed by atoms with Crippen molar-refractivity contribution in [2.24, 2.45) is 0 Å². The van der Waals surface area contributed by atoms with Crippen molar-refractivity contribution in [3.63, 3.8) is 0 Å². The van der Waals surface area contributed by atoms with E-state index in [1.54, 1.807) is 6.07 Å². The molecule has 2 nitrogen and oxygen atoms in total. The van der Waals surface area contributed by atoms with Crippen LogP contribution in [0.4, 0.5) is 0 Å². The number of hydrogen-bond donors (Lipinski definition) is 0. The molecule has 0 N–H and O–H groups in total. The normalized spacial score (nSPS) is 10.1. The van der Waals surface area contributed by atoms with Crippen LogP contribution in [0.2, 0.25) is 0 Å². The summed E-state index contributed by atoms with van der Waals surface area (Å²) in [5.41, 5.74) is 1.58. The van der Waals surface area contributed by atoms with Gasteiger partial charge < -0.3 is 4.74 Å². The number of hydrogen-bond acceptors (Lipinski definition) is 2. The quantitative estimate of drug-likeness (QED) is 0.736. The second-order valence-electron chi connectivity index (χ2n) is 3.70. The zero-order valence-electron chi connectivity index (χ0n) is 9.40. The summed E-state index contributed by atoms with van der Waals surface area (Å²) in [4.78, 5) is 11.0. The van der Waals surface area contributed by atoms with E-state index in [-0.39, 0.29) is 0 Å². The van der Waals surface area contributed by atoms with Gasteiger partial charge in [0, 0.05) is 4.47 Å². The molecule has 0 radical (unpaired) electrons. The van der Waals surface area contributed by atoms with Crippen LogP contribution in [0.25, 0.3) is 0 Å². The Bertz CT molecular complexity index is 553. The van der Waals surface area contributed by atoms with Gasteiger partial charge in [-0.3, -0.25) is 4.79 Å². The lowest BCUT2D eigenvalue weighted by Gasteiger charge is -2.11. The highest BCUT2D eigenvalue weighted by atomic mass is 79.9. The molecule has 2 rings (SSSR count). The Labute approximate surface area is 122 Å². The highest BCUT2D eigenvalue weighted by molar-refractivity contribution is 9.11. The van der Waals surface area contributed by atoms with Crippen molar-refractivity contribution in [3.05, 3.63) is 62.5 Å². The number of aldehydes is 1. The van der Waals surface area contributed by atoms with Gasteiger partial charge in [-0.05, 0) is 33.6 Å². The predicted octanol–water partition coefficient (Wildman–Crippen LogP) is 4.60. The number of benzene rings is 2. The average Bonchev–Trinajstić information content (AvgIpc) is 2.38.